The topological polar surface area (TPSA) is 47.1 Å². The van der Waals surface area contributed by atoms with Crippen LogP contribution in [0.25, 0.3) is 0 Å². The molecular formula is C15H28N4. The Kier molecular flexibility index (Phi) is 4.50. The van der Waals surface area contributed by atoms with Gasteiger partial charge in [-0.2, -0.15) is 0 Å². The molecule has 2 N–H and O–H groups in total. The molecule has 1 saturated heterocycles. The van der Waals surface area contributed by atoms with Crippen molar-refractivity contribution in [2.24, 2.45) is 17.6 Å². The lowest BCUT2D eigenvalue weighted by molar-refractivity contribution is 0.364. The Morgan fingerprint density at radius 2 is 2.16 bits per heavy atom. The average Bonchev–Trinajstić information content (AvgIpc) is 2.70. The Balaban J connectivity index is 2.23. The van der Waals surface area contributed by atoms with Crippen LogP contribution >= 0.6 is 0 Å². The normalized spacial score (nSPS) is 24.2. The summed E-state index contributed by atoms with van der Waals surface area (Å²) in [5, 5.41) is 0. The van der Waals surface area contributed by atoms with E-state index in [-0.39, 0.29) is 0 Å². The van der Waals surface area contributed by atoms with E-state index in [1.165, 1.54) is 12.8 Å². The van der Waals surface area contributed by atoms with Crippen molar-refractivity contribution in [3.05, 3.63) is 11.9 Å². The molecule has 1 aromatic rings. The van der Waals surface area contributed by atoms with Crippen LogP contribution in [0.1, 0.15) is 39.3 Å². The van der Waals surface area contributed by atoms with Gasteiger partial charge in [0.05, 0.1) is 5.69 Å². The van der Waals surface area contributed by atoms with Crippen molar-refractivity contribution >= 4 is 5.95 Å². The van der Waals surface area contributed by atoms with E-state index in [0.29, 0.717) is 17.9 Å². The van der Waals surface area contributed by atoms with Crippen LogP contribution in [0.3, 0.4) is 0 Å². The molecule has 1 aliphatic rings. The fourth-order valence-electron chi connectivity index (χ4n) is 2.94. The Labute approximate surface area is 117 Å². The molecule has 1 fully saturated rings. The Morgan fingerprint density at radius 3 is 2.79 bits per heavy atom. The van der Waals surface area contributed by atoms with Gasteiger partial charge in [-0.15, -0.1) is 0 Å². The minimum atomic E-state index is 0.565. The number of anilines is 1. The molecule has 2 heterocycles. The van der Waals surface area contributed by atoms with Gasteiger partial charge in [-0.25, -0.2) is 4.98 Å². The molecule has 108 valence electrons. The van der Waals surface area contributed by atoms with E-state index in [0.717, 1.165) is 31.3 Å². The molecular weight excluding hydrogens is 236 g/mol. The van der Waals surface area contributed by atoms with Gasteiger partial charge in [0.1, 0.15) is 0 Å². The minimum absolute atomic E-state index is 0.565. The predicted molar refractivity (Wildman–Crippen MR) is 80.4 cm³/mol. The smallest absolute Gasteiger partial charge is 0.205 e. The van der Waals surface area contributed by atoms with E-state index >= 15 is 0 Å². The maximum atomic E-state index is 5.86. The highest BCUT2D eigenvalue weighted by molar-refractivity contribution is 5.36. The van der Waals surface area contributed by atoms with Gasteiger partial charge >= 0.3 is 0 Å². The lowest BCUT2D eigenvalue weighted by atomic mass is 9.94. The summed E-state index contributed by atoms with van der Waals surface area (Å²) in [6.07, 6.45) is 4.64. The zero-order chi connectivity index (χ0) is 14.0. The lowest BCUT2D eigenvalue weighted by Gasteiger charge is -2.38. The van der Waals surface area contributed by atoms with Crippen LogP contribution in [0.2, 0.25) is 0 Å². The summed E-state index contributed by atoms with van der Waals surface area (Å²) in [5.41, 5.74) is 6.97. The van der Waals surface area contributed by atoms with E-state index in [1.807, 2.05) is 0 Å². The standard InChI is InChI=1S/C15H28N4/c1-11(2)8-18-9-12(3)17-15(18)19-10-14(7-16)6-5-13(19)4/h9,11,13-14H,5-8,10,16H2,1-4H3. The molecule has 0 spiro atoms. The Morgan fingerprint density at radius 1 is 1.42 bits per heavy atom. The highest BCUT2D eigenvalue weighted by Gasteiger charge is 2.27. The van der Waals surface area contributed by atoms with E-state index in [2.05, 4.69) is 43.4 Å². The minimum Gasteiger partial charge on any atom is -0.339 e. The number of hydrogen-bond donors (Lipinski definition) is 1. The maximum Gasteiger partial charge on any atom is 0.205 e. The van der Waals surface area contributed by atoms with Crippen LogP contribution in [0.5, 0.6) is 0 Å². The summed E-state index contributed by atoms with van der Waals surface area (Å²) in [5.74, 6) is 2.38. The predicted octanol–water partition coefficient (Wildman–Crippen LogP) is 2.41. The highest BCUT2D eigenvalue weighted by atomic mass is 15.3. The molecule has 2 unspecified atom stereocenters. The third-order valence-corrected chi connectivity index (χ3v) is 4.01. The van der Waals surface area contributed by atoms with Crippen molar-refractivity contribution in [3.63, 3.8) is 0 Å². The molecule has 19 heavy (non-hydrogen) atoms. The first-order valence-electron chi connectivity index (χ1n) is 7.51. The second-order valence-electron chi connectivity index (χ2n) is 6.41. The third kappa shape index (κ3) is 3.30. The summed E-state index contributed by atoms with van der Waals surface area (Å²) in [6.45, 7) is 11.8. The first kappa shape index (κ1) is 14.4. The summed E-state index contributed by atoms with van der Waals surface area (Å²) < 4.78 is 2.31. The van der Waals surface area contributed by atoms with Crippen molar-refractivity contribution in [1.82, 2.24) is 9.55 Å². The zero-order valence-corrected chi connectivity index (χ0v) is 12.8. The first-order valence-corrected chi connectivity index (χ1v) is 7.51. The van der Waals surface area contributed by atoms with Crippen LogP contribution < -0.4 is 10.6 Å². The van der Waals surface area contributed by atoms with Gasteiger partial charge in [0.2, 0.25) is 5.95 Å². The number of nitrogens with zero attached hydrogens (tertiary/aromatic N) is 3. The second kappa shape index (κ2) is 5.95. The van der Waals surface area contributed by atoms with E-state index in [9.17, 15) is 0 Å². The largest absolute Gasteiger partial charge is 0.339 e. The van der Waals surface area contributed by atoms with Gasteiger partial charge < -0.3 is 15.2 Å². The third-order valence-electron chi connectivity index (χ3n) is 4.01. The van der Waals surface area contributed by atoms with Crippen LogP contribution in [-0.4, -0.2) is 28.7 Å². The molecule has 2 atom stereocenters. The van der Waals surface area contributed by atoms with Crippen LogP contribution in [0.4, 0.5) is 5.95 Å². The second-order valence-corrected chi connectivity index (χ2v) is 6.41. The van der Waals surface area contributed by atoms with Crippen molar-refractivity contribution in [3.8, 4) is 0 Å². The molecule has 0 bridgehead atoms. The number of nitrogens with two attached hydrogens (primary N) is 1. The summed E-state index contributed by atoms with van der Waals surface area (Å²) >= 11 is 0. The number of aryl methyl sites for hydroxylation is 1. The number of imidazole rings is 1. The van der Waals surface area contributed by atoms with Gasteiger partial charge in [-0.05, 0) is 45.1 Å². The quantitative estimate of drug-likeness (QED) is 0.908. The molecule has 1 aromatic heterocycles. The fraction of sp³-hybridized carbons (Fsp3) is 0.800. The zero-order valence-electron chi connectivity index (χ0n) is 12.8. The number of aromatic nitrogens is 2. The molecule has 0 amide bonds. The van der Waals surface area contributed by atoms with Gasteiger partial charge in [-0.1, -0.05) is 13.8 Å². The average molecular weight is 264 g/mol. The SMILES string of the molecule is Cc1cn(CC(C)C)c(N2CC(CN)CCC2C)n1. The molecule has 1 aliphatic heterocycles. The van der Waals surface area contributed by atoms with Crippen LogP contribution in [-0.2, 0) is 6.54 Å². The Hall–Kier alpha value is -1.03. The molecule has 0 aromatic carbocycles. The molecule has 2 rings (SSSR count). The molecule has 0 aliphatic carbocycles. The first-order chi connectivity index (χ1) is 9.01. The molecule has 0 radical (unpaired) electrons. The van der Waals surface area contributed by atoms with Crippen LogP contribution in [0, 0.1) is 18.8 Å². The van der Waals surface area contributed by atoms with Crippen molar-refractivity contribution in [2.45, 2.75) is 53.1 Å². The number of rotatable bonds is 4. The summed E-state index contributed by atoms with van der Waals surface area (Å²) in [7, 11) is 0. The van der Waals surface area contributed by atoms with Gasteiger partial charge in [0.15, 0.2) is 0 Å². The highest BCUT2D eigenvalue weighted by Crippen LogP contribution is 2.27. The maximum absolute atomic E-state index is 5.86. The summed E-state index contributed by atoms with van der Waals surface area (Å²) in [6, 6.07) is 0.565. The van der Waals surface area contributed by atoms with Crippen molar-refractivity contribution in [1.29, 1.82) is 0 Å². The summed E-state index contributed by atoms with van der Waals surface area (Å²) in [4.78, 5) is 7.21. The molecule has 0 saturated carbocycles. The van der Waals surface area contributed by atoms with Gasteiger partial charge in [-0.3, -0.25) is 0 Å². The van der Waals surface area contributed by atoms with Gasteiger partial charge in [0, 0.05) is 25.3 Å². The van der Waals surface area contributed by atoms with E-state index in [4.69, 9.17) is 10.7 Å². The van der Waals surface area contributed by atoms with E-state index in [1.54, 1.807) is 0 Å². The fourth-order valence-corrected chi connectivity index (χ4v) is 2.94. The number of hydrogen-bond acceptors (Lipinski definition) is 3. The van der Waals surface area contributed by atoms with Crippen molar-refractivity contribution < 1.29 is 0 Å². The van der Waals surface area contributed by atoms with Gasteiger partial charge in [0.25, 0.3) is 0 Å². The van der Waals surface area contributed by atoms with Crippen molar-refractivity contribution in [2.75, 3.05) is 18.0 Å². The number of piperidine rings is 1. The lowest BCUT2D eigenvalue weighted by Crippen LogP contribution is -2.45. The van der Waals surface area contributed by atoms with Crippen LogP contribution in [0.15, 0.2) is 6.20 Å². The molecule has 4 nitrogen and oxygen atoms in total. The molecule has 4 heteroatoms. The monoisotopic (exact) mass is 264 g/mol. The Bertz CT molecular complexity index is 410. The van der Waals surface area contributed by atoms with E-state index < -0.39 is 0 Å².